The molecule has 1 aliphatic heterocycles. The van der Waals surface area contributed by atoms with Crippen LogP contribution in [0.15, 0.2) is 0 Å². The number of likely N-dealkylation sites (tertiary alicyclic amines) is 1. The smallest absolute Gasteiger partial charge is 0.235 e. The minimum absolute atomic E-state index is 0.196. The molecule has 19 heavy (non-hydrogen) atoms. The first-order valence-corrected chi connectivity index (χ1v) is 7.64. The van der Waals surface area contributed by atoms with E-state index in [1.54, 1.807) is 0 Å². The number of carbonyl (C=O) groups excluding carboxylic acids is 1. The van der Waals surface area contributed by atoms with E-state index in [9.17, 15) is 4.79 Å². The molecule has 2 fully saturated rings. The third-order valence-corrected chi connectivity index (χ3v) is 4.94. The van der Waals surface area contributed by atoms with Gasteiger partial charge in [-0.15, -0.1) is 0 Å². The highest BCUT2D eigenvalue weighted by Gasteiger charge is 2.48. The maximum Gasteiger partial charge on any atom is 0.235 e. The van der Waals surface area contributed by atoms with E-state index >= 15 is 0 Å². The summed E-state index contributed by atoms with van der Waals surface area (Å²) in [5.41, 5.74) is 5.38. The van der Waals surface area contributed by atoms with Gasteiger partial charge in [0.05, 0.1) is 10.4 Å². The predicted molar refractivity (Wildman–Crippen MR) is 81.0 cm³/mol. The van der Waals surface area contributed by atoms with Crippen molar-refractivity contribution in [1.29, 1.82) is 0 Å². The lowest BCUT2D eigenvalue weighted by Gasteiger charge is -2.35. The topological polar surface area (TPSA) is 49.6 Å². The summed E-state index contributed by atoms with van der Waals surface area (Å²) in [6, 6.07) is 0.328. The molecular formula is C14H25N3OS. The van der Waals surface area contributed by atoms with Crippen molar-refractivity contribution in [2.24, 2.45) is 11.1 Å². The molecule has 1 unspecified atom stereocenters. The second-order valence-corrected chi connectivity index (χ2v) is 6.65. The van der Waals surface area contributed by atoms with Gasteiger partial charge in [0.15, 0.2) is 0 Å². The van der Waals surface area contributed by atoms with E-state index in [-0.39, 0.29) is 5.91 Å². The number of hydrogen-bond acceptors (Lipinski definition) is 3. The summed E-state index contributed by atoms with van der Waals surface area (Å²) in [4.78, 5) is 17.5. The van der Waals surface area contributed by atoms with Crippen molar-refractivity contribution >= 4 is 23.1 Å². The van der Waals surface area contributed by atoms with Crippen molar-refractivity contribution in [2.45, 2.75) is 44.6 Å². The summed E-state index contributed by atoms with van der Waals surface area (Å²) in [5, 5.41) is 0. The molecule has 5 heteroatoms. The van der Waals surface area contributed by atoms with Crippen molar-refractivity contribution in [3.63, 3.8) is 0 Å². The lowest BCUT2D eigenvalue weighted by atomic mass is 9.84. The summed E-state index contributed by atoms with van der Waals surface area (Å²) in [5.74, 6) is 0.196. The van der Waals surface area contributed by atoms with Crippen LogP contribution < -0.4 is 5.73 Å². The Balaban J connectivity index is 2.15. The van der Waals surface area contributed by atoms with Gasteiger partial charge in [0.25, 0.3) is 0 Å². The van der Waals surface area contributed by atoms with Gasteiger partial charge in [-0.3, -0.25) is 4.79 Å². The number of nitrogens with zero attached hydrogens (tertiary/aromatic N) is 2. The second-order valence-electron chi connectivity index (χ2n) is 6.21. The molecule has 2 rings (SSSR count). The molecule has 1 aliphatic carbocycles. The first kappa shape index (κ1) is 14.7. The molecule has 0 bridgehead atoms. The van der Waals surface area contributed by atoms with Crippen LogP contribution in [-0.2, 0) is 4.79 Å². The van der Waals surface area contributed by atoms with Crippen molar-refractivity contribution in [3.05, 3.63) is 0 Å². The SMILES string of the molecule is CN(C)CC1CCCN1C(=O)C1(C(N)=S)CCCC1. The van der Waals surface area contributed by atoms with E-state index in [0.29, 0.717) is 11.0 Å². The quantitative estimate of drug-likeness (QED) is 0.792. The highest BCUT2D eigenvalue weighted by molar-refractivity contribution is 7.80. The van der Waals surface area contributed by atoms with Crippen LogP contribution in [0.25, 0.3) is 0 Å². The molecule has 1 saturated carbocycles. The lowest BCUT2D eigenvalue weighted by Crippen LogP contribution is -2.52. The van der Waals surface area contributed by atoms with E-state index in [0.717, 1.165) is 51.6 Å². The van der Waals surface area contributed by atoms with Crippen LogP contribution in [-0.4, -0.2) is 53.9 Å². The number of thiocarbonyl (C=S) groups is 1. The monoisotopic (exact) mass is 283 g/mol. The van der Waals surface area contributed by atoms with Crippen LogP contribution >= 0.6 is 12.2 Å². The fourth-order valence-electron chi connectivity index (χ4n) is 3.53. The molecule has 0 aromatic carbocycles. The van der Waals surface area contributed by atoms with Gasteiger partial charge in [0.2, 0.25) is 5.91 Å². The van der Waals surface area contributed by atoms with Gasteiger partial charge in [-0.1, -0.05) is 25.1 Å². The number of nitrogens with two attached hydrogens (primary N) is 1. The Morgan fingerprint density at radius 3 is 2.53 bits per heavy atom. The van der Waals surface area contributed by atoms with Crippen LogP contribution in [0.1, 0.15) is 38.5 Å². The van der Waals surface area contributed by atoms with Crippen molar-refractivity contribution in [3.8, 4) is 0 Å². The fraction of sp³-hybridized carbons (Fsp3) is 0.857. The highest BCUT2D eigenvalue weighted by atomic mass is 32.1. The molecule has 108 valence electrons. The Labute approximate surface area is 121 Å². The number of carbonyl (C=O) groups is 1. The number of rotatable bonds is 4. The Kier molecular flexibility index (Phi) is 4.46. The Morgan fingerprint density at radius 2 is 2.00 bits per heavy atom. The second kappa shape index (κ2) is 5.75. The average Bonchev–Trinajstić information content (AvgIpc) is 2.95. The molecule has 1 amide bonds. The zero-order valence-electron chi connectivity index (χ0n) is 12.0. The summed E-state index contributed by atoms with van der Waals surface area (Å²) >= 11 is 5.23. The normalized spacial score (nSPS) is 26.1. The minimum Gasteiger partial charge on any atom is -0.392 e. The molecule has 1 atom stereocenters. The van der Waals surface area contributed by atoms with Gasteiger partial charge in [-0.05, 0) is 39.8 Å². The first-order valence-electron chi connectivity index (χ1n) is 7.23. The average molecular weight is 283 g/mol. The lowest BCUT2D eigenvalue weighted by molar-refractivity contribution is -0.139. The molecule has 2 aliphatic rings. The summed E-state index contributed by atoms with van der Waals surface area (Å²) in [6.07, 6.45) is 6.00. The molecule has 4 nitrogen and oxygen atoms in total. The van der Waals surface area contributed by atoms with E-state index in [2.05, 4.69) is 19.0 Å². The van der Waals surface area contributed by atoms with E-state index in [1.165, 1.54) is 0 Å². The molecule has 0 radical (unpaired) electrons. The molecule has 1 heterocycles. The third kappa shape index (κ3) is 2.77. The van der Waals surface area contributed by atoms with Crippen molar-refractivity contribution < 1.29 is 4.79 Å². The van der Waals surface area contributed by atoms with Crippen LogP contribution in [0.4, 0.5) is 0 Å². The van der Waals surface area contributed by atoms with Gasteiger partial charge < -0.3 is 15.5 Å². The largest absolute Gasteiger partial charge is 0.392 e. The fourth-order valence-corrected chi connectivity index (χ4v) is 3.82. The van der Waals surface area contributed by atoms with Crippen molar-refractivity contribution in [2.75, 3.05) is 27.2 Å². The van der Waals surface area contributed by atoms with E-state index in [4.69, 9.17) is 18.0 Å². The predicted octanol–water partition coefficient (Wildman–Crippen LogP) is 1.39. The minimum atomic E-state index is -0.537. The standard InChI is InChI=1S/C14H25N3OS/c1-16(2)10-11-6-5-9-17(11)13(18)14(12(15)19)7-3-4-8-14/h11H,3-10H2,1-2H3,(H2,15,19). The van der Waals surface area contributed by atoms with Crippen LogP contribution in [0.3, 0.4) is 0 Å². The van der Waals surface area contributed by atoms with Crippen molar-refractivity contribution in [1.82, 2.24) is 9.80 Å². The highest BCUT2D eigenvalue weighted by Crippen LogP contribution is 2.41. The number of hydrogen-bond donors (Lipinski definition) is 1. The van der Waals surface area contributed by atoms with Gasteiger partial charge in [-0.25, -0.2) is 0 Å². The van der Waals surface area contributed by atoms with Crippen LogP contribution in [0.5, 0.6) is 0 Å². The summed E-state index contributed by atoms with van der Waals surface area (Å²) < 4.78 is 0. The summed E-state index contributed by atoms with van der Waals surface area (Å²) in [6.45, 7) is 1.79. The molecule has 0 spiro atoms. The number of likely N-dealkylation sites (N-methyl/N-ethyl adjacent to an activating group) is 1. The van der Waals surface area contributed by atoms with Gasteiger partial charge in [0, 0.05) is 19.1 Å². The Morgan fingerprint density at radius 1 is 1.37 bits per heavy atom. The third-order valence-electron chi connectivity index (χ3n) is 4.55. The molecular weight excluding hydrogens is 258 g/mol. The first-order chi connectivity index (χ1) is 8.97. The van der Waals surface area contributed by atoms with Crippen LogP contribution in [0.2, 0.25) is 0 Å². The zero-order chi connectivity index (χ0) is 14.0. The molecule has 1 saturated heterocycles. The maximum atomic E-state index is 12.9. The Bertz CT molecular complexity index is 364. The Hall–Kier alpha value is -0.680. The van der Waals surface area contributed by atoms with E-state index in [1.807, 2.05) is 4.90 Å². The van der Waals surface area contributed by atoms with Gasteiger partial charge >= 0.3 is 0 Å². The summed E-state index contributed by atoms with van der Waals surface area (Å²) in [7, 11) is 4.11. The number of amides is 1. The molecule has 0 aromatic heterocycles. The van der Waals surface area contributed by atoms with Crippen LogP contribution in [0, 0.1) is 5.41 Å². The molecule has 0 aromatic rings. The van der Waals surface area contributed by atoms with Gasteiger partial charge in [-0.2, -0.15) is 0 Å². The maximum absolute atomic E-state index is 12.9. The zero-order valence-corrected chi connectivity index (χ0v) is 12.8. The van der Waals surface area contributed by atoms with Gasteiger partial charge in [0.1, 0.15) is 0 Å². The van der Waals surface area contributed by atoms with E-state index < -0.39 is 5.41 Å². The molecule has 2 N–H and O–H groups in total.